The van der Waals surface area contributed by atoms with E-state index in [1.165, 1.54) is 0 Å². The van der Waals surface area contributed by atoms with E-state index in [1.54, 1.807) is 6.26 Å². The maximum atomic E-state index is 12.1. The van der Waals surface area contributed by atoms with Gasteiger partial charge in [-0.25, -0.2) is 4.79 Å². The highest BCUT2D eigenvalue weighted by atomic mass is 16.6. The number of cyclic esters (lactones) is 1. The summed E-state index contributed by atoms with van der Waals surface area (Å²) in [6.07, 6.45) is 1.27. The Labute approximate surface area is 131 Å². The van der Waals surface area contributed by atoms with Crippen LogP contribution in [0.15, 0.2) is 47.1 Å². The summed E-state index contributed by atoms with van der Waals surface area (Å²) in [6, 6.07) is 11.8. The lowest BCUT2D eigenvalue weighted by atomic mass is 10.0. The minimum Gasteiger partial charge on any atom is -0.464 e. The molecule has 0 spiro atoms. The molecule has 2 aromatic carbocycles. The van der Waals surface area contributed by atoms with Crippen molar-refractivity contribution in [1.82, 2.24) is 0 Å². The smallest absolute Gasteiger partial charge is 0.347 e. The lowest BCUT2D eigenvalue weighted by Gasteiger charge is -2.08. The number of hydrogen-bond acceptors (Lipinski definition) is 5. The van der Waals surface area contributed by atoms with Crippen LogP contribution >= 0.6 is 0 Å². The van der Waals surface area contributed by atoms with Gasteiger partial charge in [-0.05, 0) is 16.8 Å². The summed E-state index contributed by atoms with van der Waals surface area (Å²) in [4.78, 5) is 23.5. The zero-order valence-electron chi connectivity index (χ0n) is 12.3. The second kappa shape index (κ2) is 5.43. The molecule has 1 saturated heterocycles. The maximum absolute atomic E-state index is 12.1. The van der Waals surface area contributed by atoms with Crippen molar-refractivity contribution in [2.24, 2.45) is 0 Å². The molecule has 116 valence electrons. The highest BCUT2D eigenvalue weighted by Gasteiger charge is 2.30. The Morgan fingerprint density at radius 2 is 2.09 bits per heavy atom. The third-order valence-electron chi connectivity index (χ3n) is 4.04. The van der Waals surface area contributed by atoms with Crippen LogP contribution in [-0.4, -0.2) is 24.6 Å². The number of benzene rings is 2. The third kappa shape index (κ3) is 2.44. The molecule has 3 aromatic rings. The van der Waals surface area contributed by atoms with E-state index in [0.717, 1.165) is 27.3 Å². The summed E-state index contributed by atoms with van der Waals surface area (Å²) in [7, 11) is 0. The van der Waals surface area contributed by atoms with E-state index in [-0.39, 0.29) is 6.42 Å². The fourth-order valence-corrected chi connectivity index (χ4v) is 2.94. The van der Waals surface area contributed by atoms with E-state index in [0.29, 0.717) is 13.0 Å². The fraction of sp³-hybridized carbons (Fsp3) is 0.222. The normalized spacial score (nSPS) is 17.6. The molecule has 1 atom stereocenters. The molecule has 0 bridgehead atoms. The zero-order chi connectivity index (χ0) is 15.8. The highest BCUT2D eigenvalue weighted by molar-refractivity contribution is 6.08. The Morgan fingerprint density at radius 3 is 2.91 bits per heavy atom. The van der Waals surface area contributed by atoms with Gasteiger partial charge in [0.2, 0.25) is 6.10 Å². The van der Waals surface area contributed by atoms with Crippen molar-refractivity contribution in [3.63, 3.8) is 0 Å². The first-order chi connectivity index (χ1) is 11.2. The number of hydrogen-bond donors (Lipinski definition) is 0. The van der Waals surface area contributed by atoms with Gasteiger partial charge in [0.15, 0.2) is 0 Å². The molecule has 0 unspecified atom stereocenters. The molecule has 5 nitrogen and oxygen atoms in total. The molecule has 5 heteroatoms. The van der Waals surface area contributed by atoms with E-state index < -0.39 is 18.0 Å². The predicted octanol–water partition coefficient (Wildman–Crippen LogP) is 2.99. The van der Waals surface area contributed by atoms with Crippen LogP contribution in [0.2, 0.25) is 0 Å². The molecule has 2 heterocycles. The molecule has 1 fully saturated rings. The summed E-state index contributed by atoms with van der Waals surface area (Å²) in [5, 5.41) is 3.02. The first kappa shape index (κ1) is 13.8. The number of rotatable bonds is 3. The molecule has 0 aliphatic carbocycles. The average molecular weight is 310 g/mol. The lowest BCUT2D eigenvalue weighted by molar-refractivity contribution is -0.159. The summed E-state index contributed by atoms with van der Waals surface area (Å²) < 4.78 is 15.5. The Balaban J connectivity index is 1.65. The van der Waals surface area contributed by atoms with Gasteiger partial charge in [-0.2, -0.15) is 0 Å². The number of ether oxygens (including phenoxy) is 2. The molecule has 4 rings (SSSR count). The minimum atomic E-state index is -0.780. The van der Waals surface area contributed by atoms with Crippen LogP contribution in [0.3, 0.4) is 0 Å². The second-order valence-corrected chi connectivity index (χ2v) is 5.53. The van der Waals surface area contributed by atoms with Crippen molar-refractivity contribution in [3.05, 3.63) is 48.2 Å². The van der Waals surface area contributed by atoms with Gasteiger partial charge < -0.3 is 13.9 Å². The van der Waals surface area contributed by atoms with E-state index in [9.17, 15) is 9.59 Å². The fourth-order valence-electron chi connectivity index (χ4n) is 2.94. The largest absolute Gasteiger partial charge is 0.464 e. The molecule has 23 heavy (non-hydrogen) atoms. The number of esters is 2. The number of carbonyl (C=O) groups is 2. The van der Waals surface area contributed by atoms with Crippen molar-refractivity contribution in [2.75, 3.05) is 6.61 Å². The van der Waals surface area contributed by atoms with Crippen LogP contribution in [0.25, 0.3) is 21.7 Å². The number of fused-ring (bicyclic) bond motifs is 3. The van der Waals surface area contributed by atoms with Gasteiger partial charge in [-0.3, -0.25) is 4.79 Å². The van der Waals surface area contributed by atoms with Crippen molar-refractivity contribution < 1.29 is 23.5 Å². The molecule has 0 amide bonds. The van der Waals surface area contributed by atoms with Gasteiger partial charge in [-0.15, -0.1) is 0 Å². The molecular weight excluding hydrogens is 296 g/mol. The lowest BCUT2D eigenvalue weighted by Crippen LogP contribution is -2.23. The molecule has 0 saturated carbocycles. The quantitative estimate of drug-likeness (QED) is 0.696. The van der Waals surface area contributed by atoms with Crippen molar-refractivity contribution >= 4 is 33.7 Å². The van der Waals surface area contributed by atoms with Crippen molar-refractivity contribution in [3.8, 4) is 0 Å². The van der Waals surface area contributed by atoms with Crippen LogP contribution < -0.4 is 0 Å². The first-order valence-corrected chi connectivity index (χ1v) is 7.46. The van der Waals surface area contributed by atoms with Crippen molar-refractivity contribution in [1.29, 1.82) is 0 Å². The number of carbonyl (C=O) groups excluding carboxylic acids is 2. The highest BCUT2D eigenvalue weighted by Crippen LogP contribution is 2.30. The second-order valence-electron chi connectivity index (χ2n) is 5.53. The summed E-state index contributed by atoms with van der Waals surface area (Å²) >= 11 is 0. The monoisotopic (exact) mass is 310 g/mol. The summed E-state index contributed by atoms with van der Waals surface area (Å²) in [6.45, 7) is 0.302. The van der Waals surface area contributed by atoms with Crippen molar-refractivity contribution in [2.45, 2.75) is 18.9 Å². The van der Waals surface area contributed by atoms with Crippen LogP contribution in [0.5, 0.6) is 0 Å². The Bertz CT molecular complexity index is 908. The van der Waals surface area contributed by atoms with E-state index in [1.807, 2.05) is 36.4 Å². The molecule has 1 aliphatic heterocycles. The first-order valence-electron chi connectivity index (χ1n) is 7.46. The van der Waals surface area contributed by atoms with Gasteiger partial charge in [0.05, 0.1) is 19.3 Å². The Morgan fingerprint density at radius 1 is 1.22 bits per heavy atom. The third-order valence-corrected chi connectivity index (χ3v) is 4.04. The molecule has 1 aromatic heterocycles. The van der Waals surface area contributed by atoms with E-state index in [4.69, 9.17) is 13.9 Å². The molecule has 0 N–H and O–H groups in total. The van der Waals surface area contributed by atoms with Crippen LogP contribution in [-0.2, 0) is 25.5 Å². The van der Waals surface area contributed by atoms with Crippen LogP contribution in [0.4, 0.5) is 0 Å². The SMILES string of the molecule is O=C(Cc1coc2ccc3ccccc3c12)O[C@@H]1CCOC1=O. The predicted molar refractivity (Wildman–Crippen MR) is 82.9 cm³/mol. The van der Waals surface area contributed by atoms with Crippen LogP contribution in [0, 0.1) is 0 Å². The molecule has 1 aliphatic rings. The van der Waals surface area contributed by atoms with Gasteiger partial charge in [-0.1, -0.05) is 30.3 Å². The zero-order valence-corrected chi connectivity index (χ0v) is 12.3. The minimum absolute atomic E-state index is 0.0603. The Kier molecular flexibility index (Phi) is 3.26. The molecule has 0 radical (unpaired) electrons. The Hall–Kier alpha value is -2.82. The molecular formula is C18H14O5. The summed E-state index contributed by atoms with van der Waals surface area (Å²) in [5.41, 5.74) is 1.49. The van der Waals surface area contributed by atoms with Gasteiger partial charge in [0.1, 0.15) is 5.58 Å². The van der Waals surface area contributed by atoms with E-state index in [2.05, 4.69) is 0 Å². The van der Waals surface area contributed by atoms with Gasteiger partial charge in [0.25, 0.3) is 0 Å². The summed E-state index contributed by atoms with van der Waals surface area (Å²) in [5.74, 6) is -0.926. The number of furan rings is 1. The van der Waals surface area contributed by atoms with Gasteiger partial charge >= 0.3 is 11.9 Å². The van der Waals surface area contributed by atoms with Gasteiger partial charge in [0, 0.05) is 17.4 Å². The van der Waals surface area contributed by atoms with E-state index >= 15 is 0 Å². The maximum Gasteiger partial charge on any atom is 0.347 e. The van der Waals surface area contributed by atoms with Crippen LogP contribution in [0.1, 0.15) is 12.0 Å². The average Bonchev–Trinajstić information content (AvgIpc) is 3.14. The standard InChI is InChI=1S/C18H14O5/c19-16(23-15-7-8-21-18(15)20)9-12-10-22-14-6-5-11-3-1-2-4-13(11)17(12)14/h1-6,10,15H,7-9H2/t15-/m1/s1. The topological polar surface area (TPSA) is 65.7 Å².